The van der Waals surface area contributed by atoms with Crippen molar-refractivity contribution in [3.63, 3.8) is 0 Å². The third-order valence-corrected chi connectivity index (χ3v) is 0.667. The van der Waals surface area contributed by atoms with Gasteiger partial charge >= 0.3 is 0 Å². The van der Waals surface area contributed by atoms with E-state index < -0.39 is 0 Å². The first-order valence-corrected chi connectivity index (χ1v) is 2.87. The topological polar surface area (TPSA) is 51.2 Å². The molecule has 0 aliphatic rings. The zero-order valence-electron chi connectivity index (χ0n) is 7.22. The van der Waals surface area contributed by atoms with Gasteiger partial charge in [0.25, 0.3) is 0 Å². The molecule has 0 aliphatic heterocycles. The molecular weight excluding hydrogens is 340 g/mol. The molecule has 0 saturated carbocycles. The minimum Gasteiger partial charge on any atom is -0.307 e. The summed E-state index contributed by atoms with van der Waals surface area (Å²) in [5.74, 6) is 0. The molecule has 0 spiro atoms. The van der Waals surface area contributed by atoms with Gasteiger partial charge in [-0.3, -0.25) is 0 Å². The molecule has 0 heterocycles. The second kappa shape index (κ2) is 44.4. The van der Waals surface area contributed by atoms with E-state index in [0.29, 0.717) is 0 Å². The molecule has 0 unspecified atom stereocenters. The second-order valence-electron chi connectivity index (χ2n) is 1.15. The Labute approximate surface area is 92.4 Å². The Morgan fingerprint density at radius 3 is 0.615 bits per heavy atom. The van der Waals surface area contributed by atoms with Crippen molar-refractivity contribution in [2.75, 3.05) is 0 Å². The number of rotatable bonds is 0. The van der Waals surface area contributed by atoms with Crippen LogP contribution in [0.25, 0.3) is 0 Å². The molecule has 1 aromatic rings. The molecule has 0 N–H and O–H groups in total. The van der Waals surface area contributed by atoms with Crippen LogP contribution in [0.1, 0.15) is 0 Å². The van der Waals surface area contributed by atoms with Crippen LogP contribution in [0.3, 0.4) is 0 Å². The number of carbonyl (C=O) groups excluding carboxylic acids is 3. The molecule has 13 heavy (non-hydrogen) atoms. The van der Waals surface area contributed by atoms with Crippen LogP contribution >= 0.6 is 0 Å². The Hall–Kier alpha value is -1.08. The Balaban J connectivity index is -0.0000000508. The van der Waals surface area contributed by atoms with Crippen molar-refractivity contribution in [1.82, 2.24) is 0 Å². The molecule has 1 aromatic carbocycles. The van der Waals surface area contributed by atoms with Crippen molar-refractivity contribution in [3.8, 4) is 0 Å². The smallest absolute Gasteiger partial charge is 0.106 e. The van der Waals surface area contributed by atoms with E-state index in [0.717, 1.165) is 0 Å². The van der Waals surface area contributed by atoms with Crippen LogP contribution in [0.2, 0.25) is 0 Å². The Morgan fingerprint density at radius 2 is 0.538 bits per heavy atom. The van der Waals surface area contributed by atoms with Gasteiger partial charge in [-0.15, -0.1) is 0 Å². The fourth-order valence-corrected chi connectivity index (χ4v) is 0.385. The fraction of sp³-hybridized carbons (Fsp3) is 0. The summed E-state index contributed by atoms with van der Waals surface area (Å²) in [6, 6.07) is 12.0. The average molecular weight is 352 g/mol. The normalized spacial score (nSPS) is 4.62. The van der Waals surface area contributed by atoms with Gasteiger partial charge in [0.15, 0.2) is 0 Å². The van der Waals surface area contributed by atoms with Gasteiger partial charge in [-0.25, -0.2) is 0 Å². The van der Waals surface area contributed by atoms with E-state index in [2.05, 4.69) is 0 Å². The van der Waals surface area contributed by atoms with Crippen LogP contribution in [0, 0.1) is 0 Å². The SMILES string of the molecule is C=O.C=O.C=O.[W].c1ccccc1. The van der Waals surface area contributed by atoms with E-state index in [1.54, 1.807) is 0 Å². The average Bonchev–Trinajstić information content (AvgIpc) is 2.29. The van der Waals surface area contributed by atoms with Crippen molar-refractivity contribution in [3.05, 3.63) is 36.4 Å². The second-order valence-corrected chi connectivity index (χ2v) is 1.15. The minimum absolute atomic E-state index is 0. The maximum Gasteiger partial charge on any atom is 0.106 e. The van der Waals surface area contributed by atoms with Crippen molar-refractivity contribution in [1.29, 1.82) is 0 Å². The first-order valence-electron chi connectivity index (χ1n) is 2.87. The molecule has 0 saturated heterocycles. The molecule has 0 radical (unpaired) electrons. The van der Waals surface area contributed by atoms with E-state index in [1.807, 2.05) is 56.8 Å². The molecule has 0 aliphatic carbocycles. The largest absolute Gasteiger partial charge is 0.307 e. The van der Waals surface area contributed by atoms with Crippen LogP contribution < -0.4 is 0 Å². The quantitative estimate of drug-likeness (QED) is 0.704. The molecule has 0 amide bonds. The van der Waals surface area contributed by atoms with Gasteiger partial charge in [0.1, 0.15) is 20.4 Å². The van der Waals surface area contributed by atoms with Crippen LogP contribution in [0.4, 0.5) is 0 Å². The van der Waals surface area contributed by atoms with Gasteiger partial charge < -0.3 is 14.4 Å². The number of hydrogen-bond acceptors (Lipinski definition) is 3. The van der Waals surface area contributed by atoms with Crippen LogP contribution in [0.5, 0.6) is 0 Å². The molecule has 3 nitrogen and oxygen atoms in total. The van der Waals surface area contributed by atoms with E-state index in [9.17, 15) is 0 Å². The standard InChI is InChI=1S/C6H6.3CH2O.W/c1-2-4-6-5-3-1;3*1-2;/h1-6H;3*1H2;. The number of hydrogen-bond donors (Lipinski definition) is 0. The Morgan fingerprint density at radius 1 is 0.462 bits per heavy atom. The first kappa shape index (κ1) is 22.7. The summed E-state index contributed by atoms with van der Waals surface area (Å²) in [4.78, 5) is 24.0. The summed E-state index contributed by atoms with van der Waals surface area (Å²) >= 11 is 0. The molecule has 0 aromatic heterocycles. The maximum absolute atomic E-state index is 8.00. The molecule has 1 rings (SSSR count). The minimum atomic E-state index is 0. The summed E-state index contributed by atoms with van der Waals surface area (Å²) < 4.78 is 0. The van der Waals surface area contributed by atoms with Crippen molar-refractivity contribution < 1.29 is 35.4 Å². The van der Waals surface area contributed by atoms with Crippen LogP contribution in [-0.4, -0.2) is 20.4 Å². The molecule has 0 bridgehead atoms. The van der Waals surface area contributed by atoms with Gasteiger partial charge in [0.05, 0.1) is 0 Å². The summed E-state index contributed by atoms with van der Waals surface area (Å²) in [7, 11) is 0. The third kappa shape index (κ3) is 35.9. The zero-order chi connectivity index (χ0) is 10.2. The summed E-state index contributed by atoms with van der Waals surface area (Å²) in [6.45, 7) is 6.00. The Kier molecular flexibility index (Phi) is 77.4. The predicted octanol–water partition coefficient (Wildman–Crippen LogP) is 1.13. The molecular formula is C9H12O3W. The number of carbonyl (C=O) groups is 3. The molecule has 72 valence electrons. The van der Waals surface area contributed by atoms with Gasteiger partial charge in [-0.1, -0.05) is 36.4 Å². The predicted molar refractivity (Wildman–Crippen MR) is 47.8 cm³/mol. The fourth-order valence-electron chi connectivity index (χ4n) is 0.385. The van der Waals surface area contributed by atoms with Crippen molar-refractivity contribution in [2.24, 2.45) is 0 Å². The van der Waals surface area contributed by atoms with Gasteiger partial charge in [0.2, 0.25) is 0 Å². The zero-order valence-corrected chi connectivity index (χ0v) is 10.2. The maximum atomic E-state index is 8.00. The number of benzene rings is 1. The Bertz CT molecular complexity index is 115. The van der Waals surface area contributed by atoms with Gasteiger partial charge in [-0.05, 0) is 0 Å². The van der Waals surface area contributed by atoms with Gasteiger partial charge in [0, 0.05) is 21.1 Å². The van der Waals surface area contributed by atoms with Crippen molar-refractivity contribution in [2.45, 2.75) is 0 Å². The van der Waals surface area contributed by atoms with Crippen LogP contribution in [-0.2, 0) is 35.4 Å². The molecule has 4 heteroatoms. The van der Waals surface area contributed by atoms with E-state index in [4.69, 9.17) is 14.4 Å². The summed E-state index contributed by atoms with van der Waals surface area (Å²) in [5, 5.41) is 0. The summed E-state index contributed by atoms with van der Waals surface area (Å²) in [5.41, 5.74) is 0. The van der Waals surface area contributed by atoms with E-state index in [1.165, 1.54) is 0 Å². The van der Waals surface area contributed by atoms with Crippen molar-refractivity contribution >= 4 is 20.4 Å². The third-order valence-electron chi connectivity index (χ3n) is 0.667. The van der Waals surface area contributed by atoms with Gasteiger partial charge in [-0.2, -0.15) is 0 Å². The van der Waals surface area contributed by atoms with E-state index >= 15 is 0 Å². The monoisotopic (exact) mass is 352 g/mol. The molecule has 0 fully saturated rings. The van der Waals surface area contributed by atoms with Crippen LogP contribution in [0.15, 0.2) is 36.4 Å². The first-order chi connectivity index (χ1) is 6.00. The van der Waals surface area contributed by atoms with E-state index in [-0.39, 0.29) is 21.1 Å². The molecule has 0 atom stereocenters. The summed E-state index contributed by atoms with van der Waals surface area (Å²) in [6.07, 6.45) is 0.